The Morgan fingerprint density at radius 2 is 1.95 bits per heavy atom. The highest BCUT2D eigenvalue weighted by molar-refractivity contribution is 5.89. The molecule has 1 saturated carbocycles. The summed E-state index contributed by atoms with van der Waals surface area (Å²) in [5, 5.41) is 21.9. The van der Waals surface area contributed by atoms with Gasteiger partial charge in [0.15, 0.2) is 0 Å². The van der Waals surface area contributed by atoms with Crippen LogP contribution in [-0.4, -0.2) is 28.5 Å². The summed E-state index contributed by atoms with van der Waals surface area (Å²) in [5.41, 5.74) is 0.904. The van der Waals surface area contributed by atoms with E-state index in [0.29, 0.717) is 19.4 Å². The molecule has 0 saturated heterocycles. The highest BCUT2D eigenvalue weighted by Gasteiger charge is 2.48. The molecule has 2 atom stereocenters. The van der Waals surface area contributed by atoms with Crippen LogP contribution in [0.2, 0.25) is 0 Å². The van der Waals surface area contributed by atoms with Gasteiger partial charge < -0.3 is 10.4 Å². The van der Waals surface area contributed by atoms with Crippen LogP contribution in [-0.2, 0) is 16.0 Å². The summed E-state index contributed by atoms with van der Waals surface area (Å²) in [6.45, 7) is 0.388. The molecule has 1 aliphatic rings. The van der Waals surface area contributed by atoms with Gasteiger partial charge in [-0.25, -0.2) is 0 Å². The van der Waals surface area contributed by atoms with Crippen molar-refractivity contribution in [2.75, 3.05) is 6.54 Å². The summed E-state index contributed by atoms with van der Waals surface area (Å²) in [5.74, 6) is -2.13. The lowest BCUT2D eigenvalue weighted by Gasteiger charge is -2.04. The molecule has 7 nitrogen and oxygen atoms in total. The number of nitrogens with one attached hydrogen (secondary N) is 1. The van der Waals surface area contributed by atoms with Gasteiger partial charge in [-0.15, -0.1) is 0 Å². The zero-order chi connectivity index (χ0) is 14.7. The van der Waals surface area contributed by atoms with Gasteiger partial charge in [0.05, 0.1) is 16.8 Å². The van der Waals surface area contributed by atoms with Crippen molar-refractivity contribution in [2.24, 2.45) is 11.8 Å². The molecule has 0 radical (unpaired) electrons. The van der Waals surface area contributed by atoms with Gasteiger partial charge in [-0.05, 0) is 18.4 Å². The number of nitrogens with zero attached hydrogens (tertiary/aromatic N) is 1. The maximum absolute atomic E-state index is 11.6. The van der Waals surface area contributed by atoms with Crippen molar-refractivity contribution < 1.29 is 19.6 Å². The molecule has 2 rings (SSSR count). The Morgan fingerprint density at radius 3 is 2.45 bits per heavy atom. The fraction of sp³-hybridized carbons (Fsp3) is 0.385. The normalized spacial score (nSPS) is 20.2. The Labute approximate surface area is 114 Å². The third kappa shape index (κ3) is 3.31. The topological polar surface area (TPSA) is 110 Å². The number of carboxylic acid groups (broad SMARTS) is 1. The third-order valence-electron chi connectivity index (χ3n) is 3.30. The lowest BCUT2D eigenvalue weighted by Crippen LogP contribution is -2.28. The first-order valence-electron chi connectivity index (χ1n) is 6.23. The largest absolute Gasteiger partial charge is 0.481 e. The summed E-state index contributed by atoms with van der Waals surface area (Å²) in [6, 6.07) is 6.11. The Morgan fingerprint density at radius 1 is 1.30 bits per heavy atom. The number of benzene rings is 1. The molecular formula is C13H14N2O5. The van der Waals surface area contributed by atoms with Gasteiger partial charge in [-0.3, -0.25) is 19.7 Å². The van der Waals surface area contributed by atoms with Crippen molar-refractivity contribution in [1.82, 2.24) is 5.32 Å². The minimum absolute atomic E-state index is 0.0278. The molecule has 20 heavy (non-hydrogen) atoms. The molecule has 2 unspecified atom stereocenters. The van der Waals surface area contributed by atoms with Crippen LogP contribution in [0.25, 0.3) is 0 Å². The van der Waals surface area contributed by atoms with Gasteiger partial charge in [-0.2, -0.15) is 0 Å². The second-order valence-electron chi connectivity index (χ2n) is 4.75. The number of carbonyl (C=O) groups is 2. The molecule has 0 heterocycles. The smallest absolute Gasteiger partial charge is 0.307 e. The van der Waals surface area contributed by atoms with Crippen molar-refractivity contribution in [2.45, 2.75) is 12.8 Å². The molecule has 0 bridgehead atoms. The Bertz CT molecular complexity index is 540. The molecule has 1 aliphatic carbocycles. The summed E-state index contributed by atoms with van der Waals surface area (Å²) >= 11 is 0. The standard InChI is InChI=1S/C13H14N2O5/c16-12(10-7-11(10)13(17)18)14-6-5-8-1-3-9(4-2-8)15(19)20/h1-4,10-11H,5-7H2,(H,14,16)(H,17,18). The summed E-state index contributed by atoms with van der Waals surface area (Å²) in [4.78, 5) is 32.2. The third-order valence-corrected chi connectivity index (χ3v) is 3.30. The van der Waals surface area contributed by atoms with Crippen LogP contribution >= 0.6 is 0 Å². The molecular weight excluding hydrogens is 264 g/mol. The average molecular weight is 278 g/mol. The molecule has 0 spiro atoms. The molecule has 1 fully saturated rings. The predicted octanol–water partition coefficient (Wildman–Crippen LogP) is 0.974. The van der Waals surface area contributed by atoms with E-state index in [1.54, 1.807) is 12.1 Å². The van der Waals surface area contributed by atoms with Crippen molar-refractivity contribution in [3.8, 4) is 0 Å². The minimum Gasteiger partial charge on any atom is -0.481 e. The molecule has 106 valence electrons. The van der Waals surface area contributed by atoms with Gasteiger partial charge in [0, 0.05) is 18.7 Å². The molecule has 0 aromatic heterocycles. The van der Waals surface area contributed by atoms with Crippen LogP contribution in [0.3, 0.4) is 0 Å². The van der Waals surface area contributed by atoms with E-state index < -0.39 is 22.7 Å². The minimum atomic E-state index is -0.930. The zero-order valence-corrected chi connectivity index (χ0v) is 10.6. The fourth-order valence-corrected chi connectivity index (χ4v) is 2.00. The van der Waals surface area contributed by atoms with Crippen LogP contribution in [0.5, 0.6) is 0 Å². The number of hydrogen-bond acceptors (Lipinski definition) is 4. The van der Waals surface area contributed by atoms with Crippen LogP contribution in [0.1, 0.15) is 12.0 Å². The van der Waals surface area contributed by atoms with E-state index in [1.807, 2.05) is 0 Å². The van der Waals surface area contributed by atoms with Gasteiger partial charge in [-0.1, -0.05) is 12.1 Å². The van der Waals surface area contributed by atoms with Crippen LogP contribution in [0, 0.1) is 22.0 Å². The number of non-ortho nitro benzene ring substituents is 1. The van der Waals surface area contributed by atoms with E-state index >= 15 is 0 Å². The van der Waals surface area contributed by atoms with Crippen LogP contribution in [0.4, 0.5) is 5.69 Å². The fourth-order valence-electron chi connectivity index (χ4n) is 2.00. The van der Waals surface area contributed by atoms with E-state index in [0.717, 1.165) is 5.56 Å². The Kier molecular flexibility index (Phi) is 3.97. The van der Waals surface area contributed by atoms with Gasteiger partial charge in [0.2, 0.25) is 5.91 Å². The van der Waals surface area contributed by atoms with Crippen molar-refractivity contribution in [3.05, 3.63) is 39.9 Å². The number of nitro benzene ring substituents is 1. The van der Waals surface area contributed by atoms with Gasteiger partial charge >= 0.3 is 5.97 Å². The van der Waals surface area contributed by atoms with E-state index in [1.165, 1.54) is 12.1 Å². The van der Waals surface area contributed by atoms with Crippen molar-refractivity contribution in [3.63, 3.8) is 0 Å². The first-order valence-corrected chi connectivity index (χ1v) is 6.23. The lowest BCUT2D eigenvalue weighted by atomic mass is 10.1. The quantitative estimate of drug-likeness (QED) is 0.595. The number of hydrogen-bond donors (Lipinski definition) is 2. The Balaban J connectivity index is 1.75. The molecule has 1 amide bonds. The van der Waals surface area contributed by atoms with Crippen molar-refractivity contribution in [1.29, 1.82) is 0 Å². The van der Waals surface area contributed by atoms with E-state index in [9.17, 15) is 19.7 Å². The first-order chi connectivity index (χ1) is 9.49. The summed E-state index contributed by atoms with van der Waals surface area (Å²) in [7, 11) is 0. The maximum Gasteiger partial charge on any atom is 0.307 e. The number of carboxylic acids is 1. The monoisotopic (exact) mass is 278 g/mol. The lowest BCUT2D eigenvalue weighted by molar-refractivity contribution is -0.384. The summed E-state index contributed by atoms with van der Waals surface area (Å²) in [6.07, 6.45) is 0.951. The van der Waals surface area contributed by atoms with Gasteiger partial charge in [0.25, 0.3) is 5.69 Å². The zero-order valence-electron chi connectivity index (χ0n) is 10.6. The molecule has 1 aromatic rings. The average Bonchev–Trinajstić information content (AvgIpc) is 3.19. The van der Waals surface area contributed by atoms with E-state index in [4.69, 9.17) is 5.11 Å². The molecule has 7 heteroatoms. The number of carbonyl (C=O) groups excluding carboxylic acids is 1. The van der Waals surface area contributed by atoms with E-state index in [-0.39, 0.29) is 11.6 Å². The van der Waals surface area contributed by atoms with Crippen LogP contribution < -0.4 is 5.32 Å². The molecule has 0 aliphatic heterocycles. The highest BCUT2D eigenvalue weighted by Crippen LogP contribution is 2.38. The predicted molar refractivity (Wildman–Crippen MR) is 69.0 cm³/mol. The number of nitro groups is 1. The molecule has 1 aromatic carbocycles. The number of aliphatic carboxylic acids is 1. The second kappa shape index (κ2) is 5.68. The van der Waals surface area contributed by atoms with E-state index in [2.05, 4.69) is 5.32 Å². The van der Waals surface area contributed by atoms with Crippen LogP contribution in [0.15, 0.2) is 24.3 Å². The Hall–Kier alpha value is -2.44. The second-order valence-corrected chi connectivity index (χ2v) is 4.75. The first kappa shape index (κ1) is 14.0. The summed E-state index contributed by atoms with van der Waals surface area (Å²) < 4.78 is 0. The number of rotatable bonds is 6. The van der Waals surface area contributed by atoms with Gasteiger partial charge in [0.1, 0.15) is 0 Å². The number of amides is 1. The molecule has 2 N–H and O–H groups in total. The highest BCUT2D eigenvalue weighted by atomic mass is 16.6. The van der Waals surface area contributed by atoms with Crippen molar-refractivity contribution >= 4 is 17.6 Å². The maximum atomic E-state index is 11.6. The SMILES string of the molecule is O=C(O)C1CC1C(=O)NCCc1ccc([N+](=O)[O-])cc1.